The van der Waals surface area contributed by atoms with Crippen molar-refractivity contribution in [3.63, 3.8) is 0 Å². The smallest absolute Gasteiger partial charge is 0.252 e. The molecule has 0 saturated carbocycles. The van der Waals surface area contributed by atoms with Gasteiger partial charge in [0.05, 0.1) is 15.5 Å². The molecule has 1 aromatic rings. The molecule has 1 aromatic carbocycles. The van der Waals surface area contributed by atoms with Crippen LogP contribution in [-0.2, 0) is 10.0 Å². The van der Waals surface area contributed by atoms with Crippen LogP contribution in [0.15, 0.2) is 23.1 Å². The number of carbonyl (C=O) groups excluding carboxylic acids is 1. The van der Waals surface area contributed by atoms with Crippen LogP contribution >= 0.6 is 11.6 Å². The van der Waals surface area contributed by atoms with Crippen molar-refractivity contribution in [1.29, 1.82) is 0 Å². The van der Waals surface area contributed by atoms with E-state index < -0.39 is 10.0 Å². The van der Waals surface area contributed by atoms with E-state index in [2.05, 4.69) is 10.2 Å². The fraction of sp³-hybridized carbons (Fsp3) is 0.632. The molecule has 2 fully saturated rings. The second kappa shape index (κ2) is 9.37. The number of halogens is 1. The van der Waals surface area contributed by atoms with Gasteiger partial charge in [-0.15, -0.1) is 0 Å². The number of hydrogen-bond acceptors (Lipinski definition) is 4. The Kier molecular flexibility index (Phi) is 7.14. The lowest BCUT2D eigenvalue weighted by Crippen LogP contribution is -2.35. The van der Waals surface area contributed by atoms with Gasteiger partial charge >= 0.3 is 0 Å². The molecular formula is C19H28ClN3O3S. The third-order valence-corrected chi connectivity index (χ3v) is 7.49. The van der Waals surface area contributed by atoms with Gasteiger partial charge in [0.15, 0.2) is 0 Å². The Morgan fingerprint density at radius 3 is 2.41 bits per heavy atom. The second-order valence-corrected chi connectivity index (χ2v) is 9.61. The molecule has 2 aliphatic heterocycles. The molecule has 2 saturated heterocycles. The Labute approximate surface area is 166 Å². The average Bonchev–Trinajstić information content (AvgIpc) is 3.19. The summed E-state index contributed by atoms with van der Waals surface area (Å²) in [5, 5.41) is 3.13. The van der Waals surface area contributed by atoms with E-state index >= 15 is 0 Å². The number of benzene rings is 1. The van der Waals surface area contributed by atoms with Crippen molar-refractivity contribution >= 4 is 27.5 Å². The number of likely N-dealkylation sites (tertiary alicyclic amines) is 1. The minimum atomic E-state index is -3.58. The maximum atomic E-state index is 12.8. The maximum absolute atomic E-state index is 12.8. The summed E-state index contributed by atoms with van der Waals surface area (Å²) in [5.74, 6) is -0.322. The summed E-state index contributed by atoms with van der Waals surface area (Å²) in [4.78, 5) is 15.0. The number of hydrogen-bond donors (Lipinski definition) is 1. The monoisotopic (exact) mass is 413 g/mol. The van der Waals surface area contributed by atoms with Crippen molar-refractivity contribution in [1.82, 2.24) is 14.5 Å². The minimum Gasteiger partial charge on any atom is -0.352 e. The first-order chi connectivity index (χ1) is 13.0. The molecular weight excluding hydrogens is 386 g/mol. The largest absolute Gasteiger partial charge is 0.352 e. The van der Waals surface area contributed by atoms with Gasteiger partial charge in [-0.2, -0.15) is 4.31 Å². The van der Waals surface area contributed by atoms with Crippen LogP contribution < -0.4 is 5.32 Å². The van der Waals surface area contributed by atoms with E-state index in [4.69, 9.17) is 11.6 Å². The quantitative estimate of drug-likeness (QED) is 0.698. The van der Waals surface area contributed by atoms with Crippen molar-refractivity contribution in [2.24, 2.45) is 0 Å². The van der Waals surface area contributed by atoms with Crippen LogP contribution in [0.3, 0.4) is 0 Å². The fourth-order valence-corrected chi connectivity index (χ4v) is 5.45. The number of piperidine rings is 1. The molecule has 27 heavy (non-hydrogen) atoms. The summed E-state index contributed by atoms with van der Waals surface area (Å²) in [7, 11) is -3.58. The van der Waals surface area contributed by atoms with Crippen molar-refractivity contribution < 1.29 is 13.2 Å². The molecule has 2 heterocycles. The number of amides is 1. The number of sulfonamides is 1. The van der Waals surface area contributed by atoms with Crippen LogP contribution in [0.5, 0.6) is 0 Å². The topological polar surface area (TPSA) is 69.7 Å². The zero-order valence-electron chi connectivity index (χ0n) is 15.6. The third kappa shape index (κ3) is 5.22. The van der Waals surface area contributed by atoms with E-state index in [1.54, 1.807) is 0 Å². The first-order valence-corrected chi connectivity index (χ1v) is 11.6. The summed E-state index contributed by atoms with van der Waals surface area (Å²) in [6, 6.07) is 4.38. The number of carbonyl (C=O) groups is 1. The van der Waals surface area contributed by atoms with Gasteiger partial charge in [0, 0.05) is 19.6 Å². The Morgan fingerprint density at radius 1 is 1.04 bits per heavy atom. The molecule has 0 aromatic heterocycles. The number of nitrogens with zero attached hydrogens (tertiary/aromatic N) is 2. The van der Waals surface area contributed by atoms with Crippen LogP contribution in [0.1, 0.15) is 48.9 Å². The van der Waals surface area contributed by atoms with Gasteiger partial charge in [-0.1, -0.05) is 18.0 Å². The molecule has 2 aliphatic rings. The minimum absolute atomic E-state index is 0.135. The van der Waals surface area contributed by atoms with Gasteiger partial charge in [0.1, 0.15) is 0 Å². The van der Waals surface area contributed by atoms with E-state index in [1.807, 2.05) is 0 Å². The Balaban J connectivity index is 1.62. The normalized spacial score (nSPS) is 19.3. The van der Waals surface area contributed by atoms with Gasteiger partial charge in [-0.25, -0.2) is 8.42 Å². The van der Waals surface area contributed by atoms with Crippen LogP contribution in [0.2, 0.25) is 5.02 Å². The van der Waals surface area contributed by atoms with E-state index in [0.29, 0.717) is 19.6 Å². The lowest BCUT2D eigenvalue weighted by atomic mass is 10.2. The maximum Gasteiger partial charge on any atom is 0.252 e. The van der Waals surface area contributed by atoms with E-state index in [-0.39, 0.29) is 21.4 Å². The molecule has 0 atom stereocenters. The molecule has 150 valence electrons. The van der Waals surface area contributed by atoms with E-state index in [1.165, 1.54) is 35.3 Å². The fourth-order valence-electron chi connectivity index (χ4n) is 3.70. The molecule has 3 rings (SSSR count). The van der Waals surface area contributed by atoms with Crippen LogP contribution in [0, 0.1) is 0 Å². The third-order valence-electron chi connectivity index (χ3n) is 5.27. The molecule has 1 amide bonds. The van der Waals surface area contributed by atoms with E-state index in [9.17, 15) is 13.2 Å². The van der Waals surface area contributed by atoms with E-state index in [0.717, 1.165) is 45.3 Å². The Hall–Kier alpha value is -1.15. The van der Waals surface area contributed by atoms with Gasteiger partial charge in [-0.05, 0) is 69.9 Å². The lowest BCUT2D eigenvalue weighted by molar-refractivity contribution is 0.0952. The lowest BCUT2D eigenvalue weighted by Gasteiger charge is -2.26. The van der Waals surface area contributed by atoms with Gasteiger partial charge in [0.2, 0.25) is 10.0 Å². The highest BCUT2D eigenvalue weighted by molar-refractivity contribution is 7.89. The van der Waals surface area contributed by atoms with Crippen LogP contribution in [-0.4, -0.2) is 62.8 Å². The van der Waals surface area contributed by atoms with Crippen molar-refractivity contribution in [2.45, 2.75) is 43.4 Å². The average molecular weight is 414 g/mol. The zero-order chi connectivity index (χ0) is 19.3. The molecule has 0 bridgehead atoms. The van der Waals surface area contributed by atoms with Crippen molar-refractivity contribution in [2.75, 3.05) is 39.3 Å². The first-order valence-electron chi connectivity index (χ1n) is 9.79. The van der Waals surface area contributed by atoms with Gasteiger partial charge < -0.3 is 10.2 Å². The van der Waals surface area contributed by atoms with Crippen molar-refractivity contribution in [3.8, 4) is 0 Å². The summed E-state index contributed by atoms with van der Waals surface area (Å²) < 4.78 is 27.2. The highest BCUT2D eigenvalue weighted by Crippen LogP contribution is 2.25. The summed E-state index contributed by atoms with van der Waals surface area (Å²) >= 11 is 6.17. The summed E-state index contributed by atoms with van der Waals surface area (Å²) in [5.41, 5.74) is 0.218. The van der Waals surface area contributed by atoms with Gasteiger partial charge in [-0.3, -0.25) is 4.79 Å². The SMILES string of the molecule is O=C(NCCCN1CCCC1)c1cc(S(=O)(=O)N2CCCCC2)ccc1Cl. The predicted octanol–water partition coefficient (Wildman–Crippen LogP) is 2.73. The van der Waals surface area contributed by atoms with Gasteiger partial charge in [0.25, 0.3) is 5.91 Å². The molecule has 6 nitrogen and oxygen atoms in total. The molecule has 0 radical (unpaired) electrons. The number of nitrogens with one attached hydrogen (secondary N) is 1. The Bertz CT molecular complexity index is 757. The summed E-state index contributed by atoms with van der Waals surface area (Å²) in [6.07, 6.45) is 6.17. The molecule has 0 unspecified atom stereocenters. The van der Waals surface area contributed by atoms with Crippen LogP contribution in [0.25, 0.3) is 0 Å². The molecule has 8 heteroatoms. The standard InChI is InChI=1S/C19H28ClN3O3S/c20-18-8-7-16(27(25,26)23-13-2-1-3-14-23)15-17(18)19(24)21-9-6-12-22-10-4-5-11-22/h7-8,15H,1-6,9-14H2,(H,21,24). The number of rotatable bonds is 7. The second-order valence-electron chi connectivity index (χ2n) is 7.26. The predicted molar refractivity (Wildman–Crippen MR) is 107 cm³/mol. The Morgan fingerprint density at radius 2 is 1.70 bits per heavy atom. The highest BCUT2D eigenvalue weighted by Gasteiger charge is 2.27. The molecule has 0 spiro atoms. The molecule has 1 N–H and O–H groups in total. The summed E-state index contributed by atoms with van der Waals surface area (Å²) in [6.45, 7) is 4.85. The van der Waals surface area contributed by atoms with Crippen molar-refractivity contribution in [3.05, 3.63) is 28.8 Å². The zero-order valence-corrected chi connectivity index (χ0v) is 17.2. The first kappa shape index (κ1) is 20.6. The van der Waals surface area contributed by atoms with Crippen LogP contribution in [0.4, 0.5) is 0 Å². The molecule has 0 aliphatic carbocycles. The highest BCUT2D eigenvalue weighted by atomic mass is 35.5.